The van der Waals surface area contributed by atoms with E-state index in [1.54, 1.807) is 6.08 Å². The van der Waals surface area contributed by atoms with Crippen LogP contribution in [-0.4, -0.2) is 87.5 Å². The number of aliphatic hydroxyl groups is 5. The van der Waals surface area contributed by atoms with E-state index in [0.29, 0.717) is 6.42 Å². The Morgan fingerprint density at radius 3 is 1.38 bits per heavy atom. The Morgan fingerprint density at radius 2 is 0.934 bits per heavy atom. The van der Waals surface area contributed by atoms with Gasteiger partial charge in [-0.25, -0.2) is 0 Å². The molecule has 1 aliphatic heterocycles. The van der Waals surface area contributed by atoms with Crippen molar-refractivity contribution in [3.8, 4) is 0 Å². The van der Waals surface area contributed by atoms with Crippen LogP contribution < -0.4 is 5.32 Å². The summed E-state index contributed by atoms with van der Waals surface area (Å²) in [5.74, 6) is -0.189. The van der Waals surface area contributed by atoms with Crippen molar-refractivity contribution in [1.29, 1.82) is 0 Å². The second kappa shape index (κ2) is 42.4. The summed E-state index contributed by atoms with van der Waals surface area (Å²) >= 11 is 0. The molecule has 0 saturated carbocycles. The molecule has 1 saturated heterocycles. The second-order valence-corrected chi connectivity index (χ2v) is 18.0. The molecule has 1 rings (SSSR count). The number of ether oxygens (including phenoxy) is 2. The van der Waals surface area contributed by atoms with E-state index in [-0.39, 0.29) is 12.5 Å². The Bertz CT molecular complexity index is 1050. The summed E-state index contributed by atoms with van der Waals surface area (Å²) in [5.41, 5.74) is 0. The highest BCUT2D eigenvalue weighted by Gasteiger charge is 2.44. The van der Waals surface area contributed by atoms with Gasteiger partial charge in [0.1, 0.15) is 24.4 Å². The van der Waals surface area contributed by atoms with E-state index in [1.807, 2.05) is 6.08 Å². The van der Waals surface area contributed by atoms with Gasteiger partial charge in [0.15, 0.2) is 6.29 Å². The van der Waals surface area contributed by atoms with E-state index in [9.17, 15) is 30.3 Å². The Kier molecular flexibility index (Phi) is 39.9. The van der Waals surface area contributed by atoms with Crippen LogP contribution in [0.4, 0.5) is 0 Å². The highest BCUT2D eigenvalue weighted by Crippen LogP contribution is 2.23. The van der Waals surface area contributed by atoms with Crippen LogP contribution in [0.15, 0.2) is 36.5 Å². The molecule has 9 heteroatoms. The lowest BCUT2D eigenvalue weighted by atomic mass is 9.99. The number of carbonyl (C=O) groups is 1. The fourth-order valence-corrected chi connectivity index (χ4v) is 8.07. The fraction of sp³-hybridized carbons (Fsp3) is 0.865. The quantitative estimate of drug-likeness (QED) is 0.0262. The Morgan fingerprint density at radius 1 is 0.541 bits per heavy atom. The monoisotopic (exact) mass is 864 g/mol. The summed E-state index contributed by atoms with van der Waals surface area (Å²) in [4.78, 5) is 13.0. The maximum atomic E-state index is 13.0. The van der Waals surface area contributed by atoms with Crippen LogP contribution in [0, 0.1) is 0 Å². The van der Waals surface area contributed by atoms with Crippen LogP contribution in [-0.2, 0) is 14.3 Å². The minimum Gasteiger partial charge on any atom is -0.394 e. The van der Waals surface area contributed by atoms with E-state index in [0.717, 1.165) is 44.9 Å². The summed E-state index contributed by atoms with van der Waals surface area (Å²) in [5, 5.41) is 54.3. The third-order valence-corrected chi connectivity index (χ3v) is 12.2. The lowest BCUT2D eigenvalue weighted by Crippen LogP contribution is -2.60. The first-order valence-electron chi connectivity index (χ1n) is 25.7. The predicted molar refractivity (Wildman–Crippen MR) is 253 cm³/mol. The average molecular weight is 864 g/mol. The molecule has 9 nitrogen and oxygen atoms in total. The van der Waals surface area contributed by atoms with E-state index in [1.165, 1.54) is 167 Å². The summed E-state index contributed by atoms with van der Waals surface area (Å²) in [7, 11) is 0. The van der Waals surface area contributed by atoms with Gasteiger partial charge in [-0.2, -0.15) is 0 Å². The molecule has 0 aromatic heterocycles. The first-order chi connectivity index (χ1) is 29.8. The van der Waals surface area contributed by atoms with Crippen molar-refractivity contribution in [2.45, 2.75) is 275 Å². The molecular weight excluding hydrogens is 767 g/mol. The fourth-order valence-electron chi connectivity index (χ4n) is 8.07. The zero-order valence-electron chi connectivity index (χ0n) is 39.4. The molecule has 0 radical (unpaired) electrons. The normalized spacial score (nSPS) is 20.7. The molecule has 1 fully saturated rings. The zero-order valence-corrected chi connectivity index (χ0v) is 39.4. The van der Waals surface area contributed by atoms with E-state index in [2.05, 4.69) is 43.5 Å². The topological polar surface area (TPSA) is 149 Å². The van der Waals surface area contributed by atoms with Gasteiger partial charge in [-0.1, -0.05) is 217 Å². The van der Waals surface area contributed by atoms with Gasteiger partial charge >= 0.3 is 0 Å². The first-order valence-corrected chi connectivity index (χ1v) is 25.7. The Balaban J connectivity index is 2.33. The van der Waals surface area contributed by atoms with Crippen molar-refractivity contribution in [2.75, 3.05) is 13.2 Å². The first kappa shape index (κ1) is 57.4. The van der Waals surface area contributed by atoms with Crippen LogP contribution in [0.1, 0.15) is 232 Å². The third-order valence-electron chi connectivity index (χ3n) is 12.2. The summed E-state index contributed by atoms with van der Waals surface area (Å²) in [6, 6.07) is -0.825. The highest BCUT2D eigenvalue weighted by molar-refractivity contribution is 5.76. The van der Waals surface area contributed by atoms with Gasteiger partial charge in [0.05, 0.1) is 25.4 Å². The van der Waals surface area contributed by atoms with Crippen LogP contribution in [0.3, 0.4) is 0 Å². The lowest BCUT2D eigenvalue weighted by Gasteiger charge is -2.40. The van der Waals surface area contributed by atoms with Gasteiger partial charge in [-0.15, -0.1) is 0 Å². The maximum Gasteiger partial charge on any atom is 0.220 e. The van der Waals surface area contributed by atoms with E-state index in [4.69, 9.17) is 9.47 Å². The van der Waals surface area contributed by atoms with E-state index >= 15 is 0 Å². The minimum absolute atomic E-state index is 0.189. The number of allylic oxidation sites excluding steroid dienone is 5. The third kappa shape index (κ3) is 32.7. The standard InChI is InChI=1S/C52H97NO8/c1-3-5-7-9-11-13-15-17-19-21-22-23-24-25-26-27-29-31-33-35-37-39-41-46(55)45(44-60-52-51(59)50(58)49(57)47(43-54)61-52)53-48(56)42-40-38-36-34-32-30-28-20-18-16-14-12-10-8-6-4-2/h25-26,31,33,39,41,45-47,49-52,54-55,57-59H,3-24,27-30,32,34-38,40,42-44H2,1-2H3,(H,53,56)/b26-25+,33-31+,41-39+. The Hall–Kier alpha value is -1.59. The molecule has 1 heterocycles. The van der Waals surface area contributed by atoms with Gasteiger partial charge in [-0.05, 0) is 44.9 Å². The molecule has 0 spiro atoms. The Labute approximate surface area is 374 Å². The number of hydrogen-bond acceptors (Lipinski definition) is 8. The van der Waals surface area contributed by atoms with Gasteiger partial charge < -0.3 is 40.3 Å². The molecule has 1 amide bonds. The van der Waals surface area contributed by atoms with Crippen LogP contribution >= 0.6 is 0 Å². The van der Waals surface area contributed by atoms with Gasteiger partial charge in [-0.3, -0.25) is 4.79 Å². The van der Waals surface area contributed by atoms with Crippen molar-refractivity contribution in [1.82, 2.24) is 5.32 Å². The lowest BCUT2D eigenvalue weighted by molar-refractivity contribution is -0.302. The molecule has 0 bridgehead atoms. The number of amides is 1. The maximum absolute atomic E-state index is 13.0. The van der Waals surface area contributed by atoms with Crippen LogP contribution in [0.2, 0.25) is 0 Å². The number of rotatable bonds is 43. The van der Waals surface area contributed by atoms with Gasteiger partial charge in [0, 0.05) is 6.42 Å². The number of hydrogen-bond donors (Lipinski definition) is 6. The molecule has 7 atom stereocenters. The molecule has 358 valence electrons. The number of nitrogens with one attached hydrogen (secondary N) is 1. The highest BCUT2D eigenvalue weighted by atomic mass is 16.7. The number of unbranched alkanes of at least 4 members (excludes halogenated alkanes) is 29. The second-order valence-electron chi connectivity index (χ2n) is 18.0. The van der Waals surface area contributed by atoms with Crippen molar-refractivity contribution in [2.24, 2.45) is 0 Å². The smallest absolute Gasteiger partial charge is 0.220 e. The van der Waals surface area contributed by atoms with Crippen molar-refractivity contribution in [3.05, 3.63) is 36.5 Å². The van der Waals surface area contributed by atoms with Crippen molar-refractivity contribution in [3.63, 3.8) is 0 Å². The van der Waals surface area contributed by atoms with Crippen molar-refractivity contribution < 1.29 is 39.8 Å². The molecule has 0 aromatic carbocycles. The molecule has 61 heavy (non-hydrogen) atoms. The molecule has 7 unspecified atom stereocenters. The van der Waals surface area contributed by atoms with Crippen LogP contribution in [0.25, 0.3) is 0 Å². The van der Waals surface area contributed by atoms with Crippen molar-refractivity contribution >= 4 is 5.91 Å². The van der Waals surface area contributed by atoms with E-state index < -0.39 is 49.5 Å². The number of carbonyl (C=O) groups excluding carboxylic acids is 1. The number of aliphatic hydroxyl groups excluding tert-OH is 5. The summed E-state index contributed by atoms with van der Waals surface area (Å²) in [6.07, 6.45) is 46.2. The predicted octanol–water partition coefficient (Wildman–Crippen LogP) is 11.6. The summed E-state index contributed by atoms with van der Waals surface area (Å²) < 4.78 is 11.2. The molecule has 6 N–H and O–H groups in total. The largest absolute Gasteiger partial charge is 0.394 e. The SMILES string of the molecule is CCCCCCCCCCCCCC/C=C/CC/C=C/CC/C=C/C(O)C(COC1OC(CO)C(O)C(O)C1O)NC(=O)CCCCCCCCCCCCCCCCCC. The van der Waals surface area contributed by atoms with Gasteiger partial charge in [0.2, 0.25) is 5.91 Å². The molecule has 0 aliphatic carbocycles. The van der Waals surface area contributed by atoms with Gasteiger partial charge in [0.25, 0.3) is 0 Å². The summed E-state index contributed by atoms with van der Waals surface area (Å²) in [6.45, 7) is 3.77. The zero-order chi connectivity index (χ0) is 44.4. The molecule has 0 aromatic rings. The molecular formula is C52H97NO8. The average Bonchev–Trinajstić information content (AvgIpc) is 3.26. The molecule has 1 aliphatic rings. The van der Waals surface area contributed by atoms with Crippen LogP contribution in [0.5, 0.6) is 0 Å². The minimum atomic E-state index is -1.57.